The minimum absolute atomic E-state index is 0.00686. The summed E-state index contributed by atoms with van der Waals surface area (Å²) < 4.78 is 34.3. The van der Waals surface area contributed by atoms with E-state index >= 15 is 0 Å². The zero-order chi connectivity index (χ0) is 109. The highest BCUT2D eigenvalue weighted by Gasteiger charge is 2.28. The van der Waals surface area contributed by atoms with Crippen molar-refractivity contribution in [2.75, 3.05) is 95.1 Å². The van der Waals surface area contributed by atoms with Gasteiger partial charge in [-0.25, -0.2) is 69.4 Å². The van der Waals surface area contributed by atoms with Crippen LogP contribution >= 0.6 is 129 Å². The Morgan fingerprint density at radius 2 is 0.733 bits per heavy atom. The third kappa shape index (κ3) is 30.9. The number of aliphatic hydroxyl groups is 1. The largest absolute Gasteiger partial charge is 0.495 e. The van der Waals surface area contributed by atoms with Crippen molar-refractivity contribution < 1.29 is 72.5 Å². The lowest BCUT2D eigenvalue weighted by Gasteiger charge is -2.18. The number of carbonyl (C=O) groups excluding carboxylic acids is 3. The summed E-state index contributed by atoms with van der Waals surface area (Å²) in [7, 11) is 5.83. The van der Waals surface area contributed by atoms with Crippen LogP contribution in [0.4, 0.5) is 45.9 Å². The fraction of sp³-hybridized carbons (Fsp3) is 0.211. The number of benzene rings is 7. The van der Waals surface area contributed by atoms with Crippen molar-refractivity contribution in [1.82, 2.24) is 68.9 Å². The highest BCUT2D eigenvalue weighted by molar-refractivity contribution is 7.99. The molecule has 8 aromatic heterocycles. The van der Waals surface area contributed by atoms with Crippen LogP contribution in [0.15, 0.2) is 219 Å². The van der Waals surface area contributed by atoms with E-state index in [0.29, 0.717) is 147 Å². The van der Waals surface area contributed by atoms with Gasteiger partial charge in [-0.15, -0.1) is 0 Å². The van der Waals surface area contributed by atoms with Gasteiger partial charge in [-0.2, -0.15) is 0 Å². The van der Waals surface area contributed by atoms with Crippen molar-refractivity contribution in [2.45, 2.75) is 84.1 Å². The van der Waals surface area contributed by atoms with Gasteiger partial charge in [-0.3, -0.25) is 70.1 Å². The van der Waals surface area contributed by atoms with Crippen molar-refractivity contribution in [2.24, 2.45) is 0 Å². The molecule has 780 valence electrons. The Kier molecular flexibility index (Phi) is 44.5. The molecule has 15 rings (SSSR count). The van der Waals surface area contributed by atoms with E-state index in [0.717, 1.165) is 11.1 Å². The second kappa shape index (κ2) is 57.1. The van der Waals surface area contributed by atoms with Crippen LogP contribution in [0.25, 0.3) is 44.3 Å². The standard InChI is InChI=1S/C23H19Cl2N5O4S.C23H18Cl2N4O5S.C15H16N4O4S.C13H14N4O3S.C13H12N4O3S.C8H9ClN2O2S/c1-33-16-9-17(34-2)20(25)18(19(16)24)15-8-13-10-27-23(35-3)28-22(13)29(21(15)26)11-12-5-4-6-14(7-12)30(31)32;1-33-16-9-17(34-2)20(25)18(19(16)24)15-8-13-10-26-23(35-3)27-21(13)28(22(15)30)11-12-5-4-6-14(7-12)29(31)32;1-3-23-14(20)12-9-17-15(24-2)18-13(12)16-8-10-5-4-6-11(7-10)19(21)22;2*1-21-13-15-7-10(8-18)12(16-13)14-6-9-3-2-4-11(5-9)17(19)20;1-3-13-7(12)5-4-10-8(14-2)11-6(5)9/h4-10,26H,11H2,1-3H3;4-10H,11H2,1-3H3;4-7,9H,3,8H2,1-2H3,(H,16,17,18);2-5,7,18H,6,8H2,1H3,(H,14,15,16);2-5,7-8H,6H2,1H3,(H,14,15,16);4H,3H2,1-2H3. The van der Waals surface area contributed by atoms with E-state index in [1.165, 1.54) is 189 Å². The summed E-state index contributed by atoms with van der Waals surface area (Å²) >= 11 is 40.4. The molecule has 0 unspecified atom stereocenters. The van der Waals surface area contributed by atoms with Crippen molar-refractivity contribution >= 4 is 215 Å². The van der Waals surface area contributed by atoms with E-state index in [1.807, 2.05) is 37.5 Å². The summed E-state index contributed by atoms with van der Waals surface area (Å²) in [5.41, 5.74) is 6.29. The molecule has 0 radical (unpaired) electrons. The number of fused-ring (bicyclic) bond motifs is 2. The number of hydrogen-bond acceptors (Lipinski definition) is 43. The molecular weight excluding hydrogens is 2170 g/mol. The molecule has 7 aromatic carbocycles. The molecule has 0 saturated heterocycles. The SMILES string of the molecule is CCOC(=O)c1cnc(SC)nc1Cl.CCOC(=O)c1cnc(SC)nc1NCc1cccc([N+](=O)[O-])c1.COc1cc(OC)c(Cl)c(-c2cc3cnc(SC)nc3n(Cc3cccc([N+](=O)[O-])c3)c2=N)c1Cl.COc1cc(OC)c(Cl)c(-c2cc3cnc(SC)nc3n(Cc3cccc([N+](=O)[O-])c3)c2=O)c1Cl.CSc1ncc(C=O)c(NCc2cccc([N+](=O)[O-])c2)n1.CSc1ncc(CO)c(NCc2cccc([N+](=O)[O-])c2)n1. The molecule has 15 aromatic rings. The normalized spacial score (nSPS) is 10.6. The Hall–Kier alpha value is -14.8. The van der Waals surface area contributed by atoms with Gasteiger partial charge in [-0.1, -0.05) is 189 Å². The first kappa shape index (κ1) is 117. The van der Waals surface area contributed by atoms with Crippen LogP contribution in [0.5, 0.6) is 23.0 Å². The molecule has 0 aliphatic rings. The second-order valence-corrected chi connectivity index (χ2v) is 36.3. The van der Waals surface area contributed by atoms with Gasteiger partial charge in [0.25, 0.3) is 34.0 Å². The van der Waals surface area contributed by atoms with Crippen LogP contribution in [0.2, 0.25) is 25.2 Å². The van der Waals surface area contributed by atoms with Gasteiger partial charge >= 0.3 is 11.9 Å². The number of nitrogens with zero attached hydrogens (tertiary/aromatic N) is 19. The number of nitrogens with one attached hydrogen (secondary N) is 4. The first-order valence-electron chi connectivity index (χ1n) is 43.3. The zero-order valence-corrected chi connectivity index (χ0v) is 89.7. The van der Waals surface area contributed by atoms with Crippen LogP contribution in [-0.4, -0.2) is 196 Å². The van der Waals surface area contributed by atoms with E-state index in [1.54, 1.807) is 116 Å². The number of ether oxygens (including phenoxy) is 6. The van der Waals surface area contributed by atoms with Crippen LogP contribution in [0.3, 0.4) is 0 Å². The summed E-state index contributed by atoms with van der Waals surface area (Å²) in [6.07, 6.45) is 20.7. The average Bonchev–Trinajstić information content (AvgIpc) is 0.751. The molecule has 0 fully saturated rings. The molecule has 0 saturated carbocycles. The maximum Gasteiger partial charge on any atom is 0.343 e. The third-order valence-corrected chi connectivity index (χ3v) is 25.7. The number of esters is 2. The van der Waals surface area contributed by atoms with E-state index in [-0.39, 0.29) is 126 Å². The summed E-state index contributed by atoms with van der Waals surface area (Å²) in [5, 5.41) is 87.5. The van der Waals surface area contributed by atoms with Crippen molar-refractivity contribution in [3.8, 4) is 45.3 Å². The molecule has 44 nitrogen and oxygen atoms in total. The van der Waals surface area contributed by atoms with Crippen molar-refractivity contribution in [3.63, 3.8) is 0 Å². The molecule has 0 amide bonds. The summed E-state index contributed by atoms with van der Waals surface area (Å²) in [6.45, 7) is 4.96. The number of anilines is 3. The fourth-order valence-corrected chi connectivity index (χ4v) is 17.1. The lowest BCUT2D eigenvalue weighted by atomic mass is 10.0. The molecule has 0 bridgehead atoms. The van der Waals surface area contributed by atoms with Gasteiger partial charge in [-0.05, 0) is 91.3 Å². The number of non-ortho nitro benzene ring substituents is 5. The van der Waals surface area contributed by atoms with Gasteiger partial charge in [0, 0.05) is 163 Å². The minimum Gasteiger partial charge on any atom is -0.495 e. The number of halogens is 5. The second-order valence-electron chi connectivity index (χ2n) is 29.8. The number of pyridine rings is 2. The zero-order valence-electron chi connectivity index (χ0n) is 81.0. The number of carbonyl (C=O) groups is 3. The lowest BCUT2D eigenvalue weighted by molar-refractivity contribution is -0.385. The van der Waals surface area contributed by atoms with Gasteiger partial charge in [0.05, 0.1) is 117 Å². The molecule has 0 aliphatic heterocycles. The fourth-order valence-electron chi connectivity index (χ4n) is 13.4. The van der Waals surface area contributed by atoms with E-state index in [9.17, 15) is 74.9 Å². The number of aromatic nitrogens is 14. The summed E-state index contributed by atoms with van der Waals surface area (Å²) in [4.78, 5) is 151. The number of aliphatic hydroxyl groups excluding tert-OH is 1. The molecular formula is C95H88Cl5N23O21S6. The maximum absolute atomic E-state index is 13.9. The van der Waals surface area contributed by atoms with E-state index in [2.05, 4.69) is 75.8 Å². The highest BCUT2D eigenvalue weighted by atomic mass is 35.5. The number of nitro groups is 5. The summed E-state index contributed by atoms with van der Waals surface area (Å²) in [6, 6.07) is 37.6. The first-order valence-corrected chi connectivity index (χ1v) is 52.5. The van der Waals surface area contributed by atoms with E-state index in [4.69, 9.17) is 91.8 Å². The monoisotopic (exact) mass is 2250 g/mol. The van der Waals surface area contributed by atoms with Crippen LogP contribution in [-0.2, 0) is 48.8 Å². The third-order valence-electron chi connectivity index (χ3n) is 20.5. The predicted molar refractivity (Wildman–Crippen MR) is 577 cm³/mol. The molecule has 8 heterocycles. The molecule has 5 N–H and O–H groups in total. The van der Waals surface area contributed by atoms with Gasteiger partial charge < -0.3 is 54.0 Å². The minimum atomic E-state index is -0.522. The van der Waals surface area contributed by atoms with Crippen molar-refractivity contribution in [3.05, 3.63) is 325 Å². The van der Waals surface area contributed by atoms with Gasteiger partial charge in [0.15, 0.2) is 37.2 Å². The Morgan fingerprint density at radius 1 is 0.413 bits per heavy atom. The molecule has 0 aliphatic carbocycles. The van der Waals surface area contributed by atoms with Crippen LogP contribution in [0.1, 0.15) is 78.3 Å². The van der Waals surface area contributed by atoms with Gasteiger partial charge in [0.2, 0.25) is 0 Å². The van der Waals surface area contributed by atoms with Crippen molar-refractivity contribution in [1.29, 1.82) is 5.41 Å². The number of nitro benzene ring substituents is 5. The first-order chi connectivity index (χ1) is 72.1. The van der Waals surface area contributed by atoms with Gasteiger partial charge in [0.1, 0.15) is 73.5 Å². The number of thioether (sulfide) groups is 6. The number of hydrogen-bond donors (Lipinski definition) is 5. The molecule has 0 atom stereocenters. The Morgan fingerprint density at radius 3 is 1.12 bits per heavy atom. The Labute approximate surface area is 903 Å². The summed E-state index contributed by atoms with van der Waals surface area (Å²) in [5.74, 6) is 1.49. The molecule has 55 heteroatoms. The number of aldehydes is 1. The van der Waals surface area contributed by atoms with Crippen LogP contribution < -0.4 is 45.9 Å². The quantitative estimate of drug-likeness (QED) is 0.00463. The van der Waals surface area contributed by atoms with Crippen LogP contribution in [0, 0.1) is 56.0 Å². The maximum atomic E-state index is 13.9. The highest BCUT2D eigenvalue weighted by Crippen LogP contribution is 2.48. The Balaban J connectivity index is 0.000000188. The number of rotatable bonds is 36. The topological polar surface area (TPSA) is 584 Å². The average molecular weight is 2260 g/mol. The molecule has 0 spiro atoms. The lowest BCUT2D eigenvalue weighted by Crippen LogP contribution is -2.24. The Bertz CT molecular complexity index is 7370. The molecule has 150 heavy (non-hydrogen) atoms. The van der Waals surface area contributed by atoms with E-state index < -0.39 is 42.1 Å². The predicted octanol–water partition coefficient (Wildman–Crippen LogP) is 20.7. The number of methoxy groups -OCH3 is 4. The smallest absolute Gasteiger partial charge is 0.343 e.